The van der Waals surface area contributed by atoms with Crippen molar-refractivity contribution in [2.75, 3.05) is 5.73 Å². The van der Waals surface area contributed by atoms with Gasteiger partial charge in [-0.05, 0) is 11.4 Å². The lowest BCUT2D eigenvalue weighted by Gasteiger charge is -1.93. The van der Waals surface area contributed by atoms with Crippen molar-refractivity contribution in [3.8, 4) is 10.6 Å². The molecule has 0 aliphatic carbocycles. The first-order chi connectivity index (χ1) is 6.70. The Labute approximate surface area is 83.2 Å². The van der Waals surface area contributed by atoms with E-state index in [0.29, 0.717) is 5.69 Å². The van der Waals surface area contributed by atoms with Gasteiger partial charge in [-0.15, -0.1) is 11.3 Å². The molecule has 0 aliphatic heterocycles. The molecule has 0 aliphatic rings. The molecular weight excluding hydrogens is 202 g/mol. The summed E-state index contributed by atoms with van der Waals surface area (Å²) in [5.41, 5.74) is 6.24. The maximum Gasteiger partial charge on any atom is 0.358 e. The van der Waals surface area contributed by atoms with E-state index in [0.717, 1.165) is 4.88 Å². The van der Waals surface area contributed by atoms with Crippen LogP contribution in [-0.4, -0.2) is 21.3 Å². The number of rotatable bonds is 2. The quantitative estimate of drug-likeness (QED) is 0.697. The number of hydrogen-bond acceptors (Lipinski definition) is 4. The van der Waals surface area contributed by atoms with Crippen LogP contribution in [0.4, 0.5) is 5.69 Å². The number of hydrogen-bond donors (Lipinski definition) is 3. The Bertz CT molecular complexity index is 461. The van der Waals surface area contributed by atoms with Crippen LogP contribution in [0.1, 0.15) is 10.5 Å². The van der Waals surface area contributed by atoms with E-state index in [-0.39, 0.29) is 11.4 Å². The summed E-state index contributed by atoms with van der Waals surface area (Å²) in [5.74, 6) is -1.12. The molecular formula is C8H7N3O2S. The second-order valence-corrected chi connectivity index (χ2v) is 3.59. The Balaban J connectivity index is 2.52. The molecule has 5 nitrogen and oxygen atoms in total. The van der Waals surface area contributed by atoms with E-state index in [4.69, 9.17) is 10.8 Å². The molecule has 0 fully saturated rings. The van der Waals surface area contributed by atoms with Crippen LogP contribution in [-0.2, 0) is 0 Å². The van der Waals surface area contributed by atoms with Gasteiger partial charge in [0.2, 0.25) is 0 Å². The first kappa shape index (κ1) is 8.76. The maximum atomic E-state index is 10.6. The van der Waals surface area contributed by atoms with Gasteiger partial charge in [0.25, 0.3) is 0 Å². The van der Waals surface area contributed by atoms with Crippen LogP contribution in [0.5, 0.6) is 0 Å². The summed E-state index contributed by atoms with van der Waals surface area (Å²) in [6.45, 7) is 0. The van der Waals surface area contributed by atoms with Crippen LogP contribution in [0, 0.1) is 0 Å². The molecule has 72 valence electrons. The molecule has 0 saturated carbocycles. The monoisotopic (exact) mass is 209 g/mol. The minimum Gasteiger partial charge on any atom is -0.476 e. The molecule has 0 radical (unpaired) electrons. The van der Waals surface area contributed by atoms with Gasteiger partial charge in [-0.1, -0.05) is 6.07 Å². The number of carbonyl (C=O) groups is 1. The second kappa shape index (κ2) is 3.15. The highest BCUT2D eigenvalue weighted by molar-refractivity contribution is 7.13. The van der Waals surface area contributed by atoms with Crippen molar-refractivity contribution in [3.63, 3.8) is 0 Å². The molecule has 0 bridgehead atoms. The SMILES string of the molecule is Nc1c(C(=O)O)n[nH]c1-c1cccs1. The van der Waals surface area contributed by atoms with Crippen LogP contribution >= 0.6 is 11.3 Å². The Morgan fingerprint density at radius 1 is 1.64 bits per heavy atom. The number of thiophene rings is 1. The Morgan fingerprint density at radius 2 is 2.43 bits per heavy atom. The average Bonchev–Trinajstić information content (AvgIpc) is 2.71. The summed E-state index contributed by atoms with van der Waals surface area (Å²) in [6.07, 6.45) is 0. The maximum absolute atomic E-state index is 10.6. The fourth-order valence-electron chi connectivity index (χ4n) is 1.12. The normalized spacial score (nSPS) is 10.3. The van der Waals surface area contributed by atoms with E-state index >= 15 is 0 Å². The lowest BCUT2D eigenvalue weighted by Crippen LogP contribution is -2.00. The molecule has 2 aromatic heterocycles. The number of nitrogens with one attached hydrogen (secondary N) is 1. The van der Waals surface area contributed by atoms with E-state index in [1.807, 2.05) is 17.5 Å². The van der Waals surface area contributed by atoms with Gasteiger partial charge in [-0.25, -0.2) is 4.79 Å². The number of H-pyrrole nitrogens is 1. The highest BCUT2D eigenvalue weighted by Crippen LogP contribution is 2.29. The van der Waals surface area contributed by atoms with Crippen LogP contribution in [0.2, 0.25) is 0 Å². The zero-order valence-corrected chi connectivity index (χ0v) is 7.84. The molecule has 2 rings (SSSR count). The third kappa shape index (κ3) is 1.25. The minimum atomic E-state index is -1.12. The van der Waals surface area contributed by atoms with Crippen molar-refractivity contribution in [2.45, 2.75) is 0 Å². The number of aromatic amines is 1. The van der Waals surface area contributed by atoms with Crippen LogP contribution in [0.25, 0.3) is 10.6 Å². The Hall–Kier alpha value is -1.82. The Morgan fingerprint density at radius 3 is 2.93 bits per heavy atom. The first-order valence-corrected chi connectivity index (χ1v) is 4.69. The van der Waals surface area contributed by atoms with Gasteiger partial charge in [-0.3, -0.25) is 5.10 Å². The molecule has 6 heteroatoms. The van der Waals surface area contributed by atoms with E-state index < -0.39 is 5.97 Å². The fourth-order valence-corrected chi connectivity index (χ4v) is 1.86. The van der Waals surface area contributed by atoms with E-state index in [1.165, 1.54) is 11.3 Å². The zero-order chi connectivity index (χ0) is 10.1. The van der Waals surface area contributed by atoms with Crippen LogP contribution in [0.15, 0.2) is 17.5 Å². The largest absolute Gasteiger partial charge is 0.476 e. The number of anilines is 1. The number of aromatic carboxylic acids is 1. The predicted octanol–water partition coefficient (Wildman–Crippen LogP) is 1.42. The third-order valence-corrected chi connectivity index (χ3v) is 2.66. The molecule has 0 aromatic carbocycles. The fraction of sp³-hybridized carbons (Fsp3) is 0. The van der Waals surface area contributed by atoms with Gasteiger partial charge in [0.05, 0.1) is 16.3 Å². The van der Waals surface area contributed by atoms with E-state index in [2.05, 4.69) is 10.2 Å². The van der Waals surface area contributed by atoms with Crippen molar-refractivity contribution in [1.29, 1.82) is 0 Å². The molecule has 0 atom stereocenters. The van der Waals surface area contributed by atoms with E-state index in [9.17, 15) is 4.79 Å². The molecule has 2 aromatic rings. The topological polar surface area (TPSA) is 92.0 Å². The number of nitrogen functional groups attached to an aromatic ring is 1. The molecule has 2 heterocycles. The summed E-state index contributed by atoms with van der Waals surface area (Å²) in [5, 5.41) is 16.8. The highest BCUT2D eigenvalue weighted by atomic mass is 32.1. The van der Waals surface area contributed by atoms with Gasteiger partial charge in [0.1, 0.15) is 0 Å². The second-order valence-electron chi connectivity index (χ2n) is 2.64. The van der Waals surface area contributed by atoms with Crippen LogP contribution in [0.3, 0.4) is 0 Å². The van der Waals surface area contributed by atoms with Gasteiger partial charge in [0.15, 0.2) is 5.69 Å². The van der Waals surface area contributed by atoms with Crippen molar-refractivity contribution in [1.82, 2.24) is 10.2 Å². The smallest absolute Gasteiger partial charge is 0.358 e. The van der Waals surface area contributed by atoms with Crippen molar-refractivity contribution < 1.29 is 9.90 Å². The van der Waals surface area contributed by atoms with Crippen LogP contribution < -0.4 is 5.73 Å². The Kier molecular flexibility index (Phi) is 1.97. The van der Waals surface area contributed by atoms with Gasteiger partial charge >= 0.3 is 5.97 Å². The third-order valence-electron chi connectivity index (χ3n) is 1.77. The molecule has 4 N–H and O–H groups in total. The first-order valence-electron chi connectivity index (χ1n) is 3.81. The molecule has 14 heavy (non-hydrogen) atoms. The number of carboxylic acid groups (broad SMARTS) is 1. The summed E-state index contributed by atoms with van der Waals surface area (Å²) >= 11 is 1.47. The number of nitrogens with two attached hydrogens (primary N) is 1. The van der Waals surface area contributed by atoms with Crippen molar-refractivity contribution in [2.24, 2.45) is 0 Å². The summed E-state index contributed by atoms with van der Waals surface area (Å²) in [6, 6.07) is 3.71. The standard InChI is InChI=1S/C8H7N3O2S/c9-5-6(4-2-1-3-14-4)10-11-7(5)8(12)13/h1-3H,9H2,(H,10,11)(H,12,13). The lowest BCUT2D eigenvalue weighted by molar-refractivity contribution is 0.0691. The summed E-state index contributed by atoms with van der Waals surface area (Å²) in [4.78, 5) is 11.5. The number of aromatic nitrogens is 2. The highest BCUT2D eigenvalue weighted by Gasteiger charge is 2.17. The van der Waals surface area contributed by atoms with Gasteiger partial charge in [0, 0.05) is 0 Å². The predicted molar refractivity (Wildman–Crippen MR) is 53.3 cm³/mol. The van der Waals surface area contributed by atoms with Crippen molar-refractivity contribution >= 4 is 23.0 Å². The minimum absolute atomic E-state index is 0.131. The zero-order valence-electron chi connectivity index (χ0n) is 7.02. The summed E-state index contributed by atoms with van der Waals surface area (Å²) < 4.78 is 0. The summed E-state index contributed by atoms with van der Waals surface area (Å²) in [7, 11) is 0. The van der Waals surface area contributed by atoms with Crippen molar-refractivity contribution in [3.05, 3.63) is 23.2 Å². The number of nitrogens with zero attached hydrogens (tertiary/aromatic N) is 1. The number of carboxylic acids is 1. The molecule has 0 saturated heterocycles. The van der Waals surface area contributed by atoms with Gasteiger partial charge in [-0.2, -0.15) is 5.10 Å². The molecule has 0 unspecified atom stereocenters. The molecule has 0 spiro atoms. The van der Waals surface area contributed by atoms with Gasteiger partial charge < -0.3 is 10.8 Å². The average molecular weight is 209 g/mol. The molecule has 0 amide bonds. The lowest BCUT2D eigenvalue weighted by atomic mass is 10.2. The van der Waals surface area contributed by atoms with E-state index in [1.54, 1.807) is 0 Å².